The third kappa shape index (κ3) is 3.46. The lowest BCUT2D eigenvalue weighted by Crippen LogP contribution is -2.15. The number of rotatable bonds is 4. The first-order valence-electron chi connectivity index (χ1n) is 7.14. The van der Waals surface area contributed by atoms with Crippen molar-refractivity contribution in [2.24, 2.45) is 4.99 Å². The lowest BCUT2D eigenvalue weighted by Gasteiger charge is -2.08. The monoisotopic (exact) mass is 378 g/mol. The summed E-state index contributed by atoms with van der Waals surface area (Å²) in [6.07, 6.45) is 1.76. The number of thiazole rings is 1. The van der Waals surface area contributed by atoms with Crippen molar-refractivity contribution in [1.82, 2.24) is 4.57 Å². The van der Waals surface area contributed by atoms with Crippen LogP contribution in [-0.2, 0) is 6.54 Å². The van der Waals surface area contributed by atoms with E-state index in [2.05, 4.69) is 11.6 Å². The molecule has 0 saturated carbocycles. The van der Waals surface area contributed by atoms with Gasteiger partial charge in [0, 0.05) is 22.5 Å². The molecule has 2 aromatic carbocycles. The molecule has 3 rings (SSSR count). The molecule has 0 atom stereocenters. The molecule has 6 heteroatoms. The Labute approximate surface area is 153 Å². The molecule has 0 aliphatic rings. The minimum absolute atomic E-state index is 0.297. The summed E-state index contributed by atoms with van der Waals surface area (Å²) < 4.78 is 15.8. The van der Waals surface area contributed by atoms with Gasteiger partial charge >= 0.3 is 0 Å². The molecule has 0 fully saturated rings. The van der Waals surface area contributed by atoms with Gasteiger partial charge in [-0.25, -0.2) is 9.38 Å². The summed E-state index contributed by atoms with van der Waals surface area (Å²) in [5, 5.41) is 3.07. The summed E-state index contributed by atoms with van der Waals surface area (Å²) in [6, 6.07) is 11.8. The SMILES string of the molecule is C=CCn1c(-c2ccc(Cl)cc2Cl)csc1=Nc1ccccc1F. The van der Waals surface area contributed by atoms with Gasteiger partial charge in [0.2, 0.25) is 0 Å². The summed E-state index contributed by atoms with van der Waals surface area (Å²) in [7, 11) is 0. The smallest absolute Gasteiger partial charge is 0.190 e. The van der Waals surface area contributed by atoms with Crippen LogP contribution >= 0.6 is 34.5 Å². The largest absolute Gasteiger partial charge is 0.313 e. The van der Waals surface area contributed by atoms with Gasteiger partial charge in [0.1, 0.15) is 11.5 Å². The number of hydrogen-bond acceptors (Lipinski definition) is 2. The number of para-hydroxylation sites is 1. The Bertz CT molecular complexity index is 960. The second-order valence-corrected chi connectivity index (χ2v) is 6.67. The molecule has 0 bridgehead atoms. The van der Waals surface area contributed by atoms with E-state index in [1.807, 2.05) is 16.0 Å². The van der Waals surface area contributed by atoms with E-state index >= 15 is 0 Å². The number of hydrogen-bond donors (Lipinski definition) is 0. The molecule has 0 unspecified atom stereocenters. The number of halogens is 3. The van der Waals surface area contributed by atoms with Crippen LogP contribution in [0.1, 0.15) is 0 Å². The van der Waals surface area contributed by atoms with Crippen LogP contribution in [0.5, 0.6) is 0 Å². The second kappa shape index (κ2) is 7.34. The zero-order chi connectivity index (χ0) is 17.1. The van der Waals surface area contributed by atoms with E-state index in [-0.39, 0.29) is 5.82 Å². The van der Waals surface area contributed by atoms with Crippen LogP contribution in [0.25, 0.3) is 11.3 Å². The molecular weight excluding hydrogens is 366 g/mol. The Kier molecular flexibility index (Phi) is 5.19. The van der Waals surface area contributed by atoms with Crippen molar-refractivity contribution in [2.75, 3.05) is 0 Å². The maximum Gasteiger partial charge on any atom is 0.190 e. The molecule has 0 spiro atoms. The molecule has 1 heterocycles. The summed E-state index contributed by atoms with van der Waals surface area (Å²) in [6.45, 7) is 4.32. The minimum atomic E-state index is -0.359. The fourth-order valence-corrected chi connectivity index (χ4v) is 3.71. The van der Waals surface area contributed by atoms with Gasteiger partial charge in [0.15, 0.2) is 4.80 Å². The predicted molar refractivity (Wildman–Crippen MR) is 99.6 cm³/mol. The highest BCUT2D eigenvalue weighted by molar-refractivity contribution is 7.07. The minimum Gasteiger partial charge on any atom is -0.313 e. The van der Waals surface area contributed by atoms with Crippen molar-refractivity contribution < 1.29 is 4.39 Å². The molecule has 122 valence electrons. The van der Waals surface area contributed by atoms with Gasteiger partial charge in [-0.05, 0) is 30.3 Å². The van der Waals surface area contributed by atoms with Crippen LogP contribution in [0.15, 0.2) is 65.5 Å². The Morgan fingerprint density at radius 2 is 2.00 bits per heavy atom. The fraction of sp³-hybridized carbons (Fsp3) is 0.0556. The lowest BCUT2D eigenvalue weighted by atomic mass is 10.1. The quantitative estimate of drug-likeness (QED) is 0.489. The van der Waals surface area contributed by atoms with E-state index in [0.29, 0.717) is 27.1 Å². The zero-order valence-electron chi connectivity index (χ0n) is 12.5. The molecule has 0 amide bonds. The molecule has 2 nitrogen and oxygen atoms in total. The molecule has 0 radical (unpaired) electrons. The molecule has 0 aliphatic heterocycles. The van der Waals surface area contributed by atoms with Crippen LogP contribution in [-0.4, -0.2) is 4.57 Å². The molecular formula is C18H13Cl2FN2S. The maximum absolute atomic E-state index is 13.9. The second-order valence-electron chi connectivity index (χ2n) is 4.99. The number of benzene rings is 2. The van der Waals surface area contributed by atoms with Gasteiger partial charge in [-0.2, -0.15) is 0 Å². The average molecular weight is 379 g/mol. The van der Waals surface area contributed by atoms with Gasteiger partial charge in [-0.15, -0.1) is 17.9 Å². The highest BCUT2D eigenvalue weighted by atomic mass is 35.5. The van der Waals surface area contributed by atoms with E-state index < -0.39 is 0 Å². The third-order valence-electron chi connectivity index (χ3n) is 3.38. The number of nitrogens with zero attached hydrogens (tertiary/aromatic N) is 2. The van der Waals surface area contributed by atoms with Crippen molar-refractivity contribution in [3.8, 4) is 11.3 Å². The number of allylic oxidation sites excluding steroid dienone is 1. The van der Waals surface area contributed by atoms with Gasteiger partial charge in [-0.3, -0.25) is 0 Å². The zero-order valence-corrected chi connectivity index (χ0v) is 14.9. The predicted octanol–water partition coefficient (Wildman–Crippen LogP) is 6.08. The third-order valence-corrected chi connectivity index (χ3v) is 4.80. The molecule has 0 N–H and O–H groups in total. The normalized spacial score (nSPS) is 11.7. The first kappa shape index (κ1) is 17.0. The van der Waals surface area contributed by atoms with Gasteiger partial charge in [0.25, 0.3) is 0 Å². The number of aromatic nitrogens is 1. The van der Waals surface area contributed by atoms with Crippen LogP contribution in [0, 0.1) is 5.82 Å². The van der Waals surface area contributed by atoms with Crippen LogP contribution in [0.4, 0.5) is 10.1 Å². The van der Waals surface area contributed by atoms with E-state index in [1.165, 1.54) is 17.4 Å². The first-order chi connectivity index (χ1) is 11.6. The molecule has 0 aliphatic carbocycles. The molecule has 1 aromatic heterocycles. The summed E-state index contributed by atoms with van der Waals surface area (Å²) in [5.74, 6) is -0.359. The van der Waals surface area contributed by atoms with E-state index in [9.17, 15) is 4.39 Å². The van der Waals surface area contributed by atoms with Crippen LogP contribution < -0.4 is 4.80 Å². The molecule has 24 heavy (non-hydrogen) atoms. The van der Waals surface area contributed by atoms with Crippen molar-refractivity contribution in [3.05, 3.63) is 81.2 Å². The highest BCUT2D eigenvalue weighted by Gasteiger charge is 2.11. The van der Waals surface area contributed by atoms with Gasteiger partial charge in [-0.1, -0.05) is 41.4 Å². The Morgan fingerprint density at radius 3 is 2.71 bits per heavy atom. The van der Waals surface area contributed by atoms with Crippen LogP contribution in [0.3, 0.4) is 0 Å². The van der Waals surface area contributed by atoms with Crippen molar-refractivity contribution in [1.29, 1.82) is 0 Å². The van der Waals surface area contributed by atoms with Crippen molar-refractivity contribution in [3.63, 3.8) is 0 Å². The fourth-order valence-electron chi connectivity index (χ4n) is 2.28. The summed E-state index contributed by atoms with van der Waals surface area (Å²) in [5.41, 5.74) is 2.02. The molecule has 3 aromatic rings. The Morgan fingerprint density at radius 1 is 1.21 bits per heavy atom. The van der Waals surface area contributed by atoms with Crippen molar-refractivity contribution >= 4 is 40.2 Å². The summed E-state index contributed by atoms with van der Waals surface area (Å²) >= 11 is 13.7. The first-order valence-corrected chi connectivity index (χ1v) is 8.77. The van der Waals surface area contributed by atoms with E-state index in [0.717, 1.165) is 11.3 Å². The maximum atomic E-state index is 13.9. The summed E-state index contributed by atoms with van der Waals surface area (Å²) in [4.78, 5) is 5.11. The van der Waals surface area contributed by atoms with Gasteiger partial charge < -0.3 is 4.57 Å². The lowest BCUT2D eigenvalue weighted by molar-refractivity contribution is 0.628. The van der Waals surface area contributed by atoms with E-state index in [1.54, 1.807) is 36.4 Å². The average Bonchev–Trinajstić information content (AvgIpc) is 2.93. The molecule has 0 saturated heterocycles. The van der Waals surface area contributed by atoms with Crippen LogP contribution in [0.2, 0.25) is 10.0 Å². The van der Waals surface area contributed by atoms with Gasteiger partial charge in [0.05, 0.1) is 10.7 Å². The highest BCUT2D eigenvalue weighted by Crippen LogP contribution is 2.31. The Hall–Kier alpha value is -1.88. The van der Waals surface area contributed by atoms with E-state index in [4.69, 9.17) is 23.2 Å². The Balaban J connectivity index is 2.18. The topological polar surface area (TPSA) is 17.3 Å². The van der Waals surface area contributed by atoms with Crippen molar-refractivity contribution in [2.45, 2.75) is 6.54 Å². The standard InChI is InChI=1S/C18H13Cl2FN2S/c1-2-9-23-17(13-8-7-12(19)10-14(13)20)11-24-18(23)22-16-6-4-3-5-15(16)21/h2-8,10-11H,1,9H2.